The predicted molar refractivity (Wildman–Crippen MR) is 90.1 cm³/mol. The fourth-order valence-corrected chi connectivity index (χ4v) is 3.50. The summed E-state index contributed by atoms with van der Waals surface area (Å²) in [5.74, 6) is 0.0130. The Morgan fingerprint density at radius 1 is 1.40 bits per heavy atom. The van der Waals surface area contributed by atoms with Crippen molar-refractivity contribution in [3.63, 3.8) is 0 Å². The van der Waals surface area contributed by atoms with Gasteiger partial charge in [-0.15, -0.1) is 0 Å². The lowest BCUT2D eigenvalue weighted by atomic mass is 9.64. The standard InChI is InChI=1S/C19H18N2O4/c1-19-9-5-8-12(22)14(19)15(23)13-16(17(19)20)25-21-18(13)24-10-11-6-3-2-4-7-11/h2-8,17,22H,9-10,20H2,1H3/t17-,19+/m0/s1. The average molecular weight is 338 g/mol. The Bertz CT molecular complexity index is 897. The summed E-state index contributed by atoms with van der Waals surface area (Å²) in [7, 11) is 0. The van der Waals surface area contributed by atoms with Gasteiger partial charge in [-0.2, -0.15) is 0 Å². The van der Waals surface area contributed by atoms with Crippen LogP contribution in [0.15, 0.2) is 58.3 Å². The Balaban J connectivity index is 1.73. The highest BCUT2D eigenvalue weighted by molar-refractivity contribution is 6.13. The van der Waals surface area contributed by atoms with E-state index >= 15 is 0 Å². The molecule has 0 radical (unpaired) electrons. The number of benzene rings is 1. The number of ether oxygens (including phenoxy) is 1. The van der Waals surface area contributed by atoms with Gasteiger partial charge in [0.1, 0.15) is 17.9 Å². The molecule has 0 unspecified atom stereocenters. The molecule has 0 fully saturated rings. The normalized spacial score (nSPS) is 24.9. The summed E-state index contributed by atoms with van der Waals surface area (Å²) < 4.78 is 11.1. The Labute approximate surface area is 144 Å². The van der Waals surface area contributed by atoms with Gasteiger partial charge in [-0.1, -0.05) is 43.3 Å². The third kappa shape index (κ3) is 2.29. The Kier molecular flexibility index (Phi) is 3.51. The molecular weight excluding hydrogens is 320 g/mol. The average Bonchev–Trinajstić information content (AvgIpc) is 3.03. The number of allylic oxidation sites excluding steroid dienone is 2. The number of carbonyl (C=O) groups excluding carboxylic acids is 1. The van der Waals surface area contributed by atoms with Crippen LogP contribution in [0.4, 0.5) is 0 Å². The molecule has 6 nitrogen and oxygen atoms in total. The minimum absolute atomic E-state index is 0.0601. The van der Waals surface area contributed by atoms with Gasteiger partial charge in [0.25, 0.3) is 5.88 Å². The second kappa shape index (κ2) is 5.60. The van der Waals surface area contributed by atoms with Gasteiger partial charge in [0.2, 0.25) is 5.78 Å². The van der Waals surface area contributed by atoms with Crippen LogP contribution in [0, 0.1) is 5.41 Å². The van der Waals surface area contributed by atoms with Crippen LogP contribution in [0.25, 0.3) is 0 Å². The number of nitrogens with zero attached hydrogens (tertiary/aromatic N) is 1. The molecule has 0 saturated carbocycles. The molecule has 3 N–H and O–H groups in total. The highest BCUT2D eigenvalue weighted by Crippen LogP contribution is 2.52. The molecule has 2 atom stereocenters. The van der Waals surface area contributed by atoms with Crippen LogP contribution < -0.4 is 10.5 Å². The van der Waals surface area contributed by atoms with E-state index in [1.54, 1.807) is 6.08 Å². The van der Waals surface area contributed by atoms with E-state index in [1.807, 2.05) is 37.3 Å². The molecule has 128 valence electrons. The van der Waals surface area contributed by atoms with Crippen molar-refractivity contribution >= 4 is 5.78 Å². The molecule has 2 aliphatic carbocycles. The zero-order valence-corrected chi connectivity index (χ0v) is 13.7. The Hall–Kier alpha value is -2.86. The molecule has 0 saturated heterocycles. The van der Waals surface area contributed by atoms with Gasteiger partial charge >= 0.3 is 0 Å². The Morgan fingerprint density at radius 2 is 2.16 bits per heavy atom. The van der Waals surface area contributed by atoms with E-state index in [0.717, 1.165) is 5.56 Å². The van der Waals surface area contributed by atoms with Crippen molar-refractivity contribution in [2.24, 2.45) is 11.1 Å². The van der Waals surface area contributed by atoms with Gasteiger partial charge in [-0.3, -0.25) is 4.79 Å². The van der Waals surface area contributed by atoms with E-state index < -0.39 is 11.5 Å². The summed E-state index contributed by atoms with van der Waals surface area (Å²) >= 11 is 0. The SMILES string of the molecule is C[C@@]12CC=CC(O)=C1C(=O)c1c(OCc3ccccc3)noc1[C@@H]2N. The molecule has 25 heavy (non-hydrogen) atoms. The summed E-state index contributed by atoms with van der Waals surface area (Å²) in [6, 6.07) is 8.95. The molecule has 6 heteroatoms. The van der Waals surface area contributed by atoms with Gasteiger partial charge in [0.05, 0.1) is 11.6 Å². The number of carbonyl (C=O) groups is 1. The van der Waals surface area contributed by atoms with Crippen LogP contribution in [0.5, 0.6) is 5.88 Å². The Morgan fingerprint density at radius 3 is 2.92 bits per heavy atom. The number of ketones is 1. The molecule has 1 aromatic heterocycles. The van der Waals surface area contributed by atoms with Gasteiger partial charge in [-0.05, 0) is 23.2 Å². The first-order chi connectivity index (χ1) is 12.0. The maximum absolute atomic E-state index is 13.0. The predicted octanol–water partition coefficient (Wildman–Crippen LogP) is 3.23. The van der Waals surface area contributed by atoms with Crippen LogP contribution in [0.1, 0.15) is 41.1 Å². The topological polar surface area (TPSA) is 98.6 Å². The van der Waals surface area contributed by atoms with E-state index in [2.05, 4.69) is 5.16 Å². The maximum Gasteiger partial charge on any atom is 0.266 e. The molecular formula is C19H18N2O4. The lowest BCUT2D eigenvalue weighted by molar-refractivity contribution is 0.0948. The van der Waals surface area contributed by atoms with Crippen LogP contribution in [0.2, 0.25) is 0 Å². The number of aliphatic hydroxyl groups is 1. The van der Waals surface area contributed by atoms with Gasteiger partial charge in [-0.25, -0.2) is 0 Å². The molecule has 2 aliphatic rings. The molecule has 2 aromatic rings. The number of hydrogen-bond donors (Lipinski definition) is 2. The summed E-state index contributed by atoms with van der Waals surface area (Å²) in [6.07, 6.45) is 3.88. The smallest absolute Gasteiger partial charge is 0.266 e. The van der Waals surface area contributed by atoms with E-state index in [1.165, 1.54) is 6.08 Å². The van der Waals surface area contributed by atoms with E-state index in [4.69, 9.17) is 15.0 Å². The summed E-state index contributed by atoms with van der Waals surface area (Å²) in [5, 5.41) is 14.1. The highest BCUT2D eigenvalue weighted by Gasteiger charge is 2.51. The highest BCUT2D eigenvalue weighted by atomic mass is 16.5. The number of Topliss-reactive ketones (excluding diaryl/α,β-unsaturated/α-hetero) is 1. The van der Waals surface area contributed by atoms with Gasteiger partial charge < -0.3 is 20.1 Å². The minimum Gasteiger partial charge on any atom is -0.508 e. The molecule has 0 bridgehead atoms. The lowest BCUT2D eigenvalue weighted by Crippen LogP contribution is -2.42. The van der Waals surface area contributed by atoms with Crippen molar-refractivity contribution in [3.05, 3.63) is 70.7 Å². The summed E-state index contributed by atoms with van der Waals surface area (Å²) in [6.45, 7) is 2.10. The number of rotatable bonds is 3. The zero-order valence-electron chi connectivity index (χ0n) is 13.7. The summed E-state index contributed by atoms with van der Waals surface area (Å²) in [5.41, 5.74) is 7.08. The molecule has 0 amide bonds. The summed E-state index contributed by atoms with van der Waals surface area (Å²) in [4.78, 5) is 13.0. The van der Waals surface area contributed by atoms with Crippen molar-refractivity contribution in [2.45, 2.75) is 26.0 Å². The number of aromatic nitrogens is 1. The van der Waals surface area contributed by atoms with Crippen molar-refractivity contribution in [2.75, 3.05) is 0 Å². The fraction of sp³-hybridized carbons (Fsp3) is 0.263. The first-order valence-electron chi connectivity index (χ1n) is 8.09. The number of hydrogen-bond acceptors (Lipinski definition) is 6. The molecule has 1 heterocycles. The van der Waals surface area contributed by atoms with E-state index in [9.17, 15) is 9.90 Å². The monoisotopic (exact) mass is 338 g/mol. The third-order valence-electron chi connectivity index (χ3n) is 4.97. The maximum atomic E-state index is 13.0. The van der Waals surface area contributed by atoms with Crippen molar-refractivity contribution in [3.8, 4) is 5.88 Å². The van der Waals surface area contributed by atoms with Gasteiger partial charge in [0.15, 0.2) is 5.76 Å². The van der Waals surface area contributed by atoms with Crippen molar-refractivity contribution in [1.29, 1.82) is 0 Å². The van der Waals surface area contributed by atoms with Crippen LogP contribution >= 0.6 is 0 Å². The largest absolute Gasteiger partial charge is 0.508 e. The second-order valence-electron chi connectivity index (χ2n) is 6.59. The van der Waals surface area contributed by atoms with Crippen molar-refractivity contribution < 1.29 is 19.2 Å². The van der Waals surface area contributed by atoms with Crippen molar-refractivity contribution in [1.82, 2.24) is 5.16 Å². The minimum atomic E-state index is -0.723. The van der Waals surface area contributed by atoms with Gasteiger partial charge in [0, 0.05) is 5.41 Å². The molecule has 0 aliphatic heterocycles. The number of nitrogens with two attached hydrogens (primary N) is 1. The second-order valence-corrected chi connectivity index (χ2v) is 6.59. The first kappa shape index (κ1) is 15.7. The number of fused-ring (bicyclic) bond motifs is 2. The molecule has 0 spiro atoms. The van der Waals surface area contributed by atoms with Crippen LogP contribution in [0.3, 0.4) is 0 Å². The first-order valence-corrected chi connectivity index (χ1v) is 8.09. The fourth-order valence-electron chi connectivity index (χ4n) is 3.50. The third-order valence-corrected chi connectivity index (χ3v) is 4.97. The van der Waals surface area contributed by atoms with Crippen LogP contribution in [-0.4, -0.2) is 16.0 Å². The van der Waals surface area contributed by atoms with Crippen LogP contribution in [-0.2, 0) is 6.61 Å². The number of aliphatic hydroxyl groups excluding tert-OH is 1. The lowest BCUT2D eigenvalue weighted by Gasteiger charge is -2.40. The zero-order chi connectivity index (χ0) is 17.6. The quantitative estimate of drug-likeness (QED) is 0.891. The molecule has 4 rings (SSSR count). The molecule has 1 aromatic carbocycles. The van der Waals surface area contributed by atoms with E-state index in [0.29, 0.717) is 17.8 Å². The van der Waals surface area contributed by atoms with E-state index in [-0.39, 0.29) is 29.6 Å².